The SMILES string of the molecule is C/C=C(/C=C\C(F)=C/C)SC(C)(CCC)CC[C@H](C)CC. The zero-order chi connectivity index (χ0) is 16.3. The van der Waals surface area contributed by atoms with Crippen LogP contribution in [0, 0.1) is 5.92 Å². The minimum atomic E-state index is -0.174. The Bertz CT molecular complexity index is 368. The normalized spacial score (nSPS) is 18.0. The highest BCUT2D eigenvalue weighted by atomic mass is 32.2. The van der Waals surface area contributed by atoms with E-state index in [0.717, 1.165) is 10.8 Å². The Morgan fingerprint density at radius 1 is 1.14 bits per heavy atom. The minimum Gasteiger partial charge on any atom is -0.207 e. The predicted molar refractivity (Wildman–Crippen MR) is 97.4 cm³/mol. The van der Waals surface area contributed by atoms with E-state index < -0.39 is 0 Å². The molecular weight excluding hydrogens is 279 g/mol. The van der Waals surface area contributed by atoms with Gasteiger partial charge in [-0.05, 0) is 51.2 Å². The molecule has 0 aromatic rings. The lowest BCUT2D eigenvalue weighted by molar-refractivity contribution is 0.431. The summed E-state index contributed by atoms with van der Waals surface area (Å²) >= 11 is 1.90. The summed E-state index contributed by atoms with van der Waals surface area (Å²) in [4.78, 5) is 1.16. The molecule has 0 heterocycles. The van der Waals surface area contributed by atoms with Crippen molar-refractivity contribution >= 4 is 11.8 Å². The van der Waals surface area contributed by atoms with Gasteiger partial charge in [-0.2, -0.15) is 0 Å². The second kappa shape index (κ2) is 11.1. The number of rotatable bonds is 10. The first-order valence-corrected chi connectivity index (χ1v) is 9.07. The molecule has 0 fully saturated rings. The molecule has 0 spiro atoms. The maximum absolute atomic E-state index is 13.2. The van der Waals surface area contributed by atoms with E-state index in [1.165, 1.54) is 38.2 Å². The predicted octanol–water partition coefficient (Wildman–Crippen LogP) is 7.44. The Labute approximate surface area is 136 Å². The highest BCUT2D eigenvalue weighted by Gasteiger charge is 2.25. The van der Waals surface area contributed by atoms with Crippen molar-refractivity contribution in [1.82, 2.24) is 0 Å². The fourth-order valence-electron chi connectivity index (χ4n) is 2.24. The Morgan fingerprint density at radius 2 is 1.81 bits per heavy atom. The first-order chi connectivity index (χ1) is 9.90. The van der Waals surface area contributed by atoms with Crippen LogP contribution in [0.3, 0.4) is 0 Å². The van der Waals surface area contributed by atoms with Crippen molar-refractivity contribution in [3.8, 4) is 0 Å². The molecule has 0 amide bonds. The van der Waals surface area contributed by atoms with Crippen LogP contribution in [0.1, 0.15) is 73.6 Å². The average molecular weight is 313 g/mol. The molecule has 0 saturated carbocycles. The molecule has 0 radical (unpaired) electrons. The first-order valence-electron chi connectivity index (χ1n) is 8.26. The van der Waals surface area contributed by atoms with Crippen molar-refractivity contribution in [2.45, 2.75) is 78.4 Å². The van der Waals surface area contributed by atoms with Gasteiger partial charge in [0.15, 0.2) is 0 Å². The van der Waals surface area contributed by atoms with Crippen LogP contribution in [0.5, 0.6) is 0 Å². The Morgan fingerprint density at radius 3 is 2.29 bits per heavy atom. The van der Waals surface area contributed by atoms with Gasteiger partial charge in [-0.25, -0.2) is 4.39 Å². The second-order valence-electron chi connectivity index (χ2n) is 6.05. The maximum Gasteiger partial charge on any atom is 0.118 e. The van der Waals surface area contributed by atoms with Gasteiger partial charge in [0.05, 0.1) is 0 Å². The molecule has 0 saturated heterocycles. The number of allylic oxidation sites excluding steroid dienone is 5. The second-order valence-corrected chi connectivity index (χ2v) is 7.71. The summed E-state index contributed by atoms with van der Waals surface area (Å²) in [5, 5.41) is 0. The molecular formula is C19H33FS. The molecule has 122 valence electrons. The van der Waals surface area contributed by atoms with E-state index in [1.54, 1.807) is 13.0 Å². The number of hydrogen-bond donors (Lipinski definition) is 0. The largest absolute Gasteiger partial charge is 0.207 e. The number of thioether (sulfide) groups is 1. The van der Waals surface area contributed by atoms with E-state index in [2.05, 4.69) is 33.8 Å². The minimum absolute atomic E-state index is 0.174. The lowest BCUT2D eigenvalue weighted by atomic mass is 9.93. The topological polar surface area (TPSA) is 0 Å². The molecule has 2 heteroatoms. The summed E-state index contributed by atoms with van der Waals surface area (Å²) in [5.74, 6) is 0.610. The summed E-state index contributed by atoms with van der Waals surface area (Å²) in [6.07, 6.45) is 13.2. The molecule has 1 unspecified atom stereocenters. The van der Waals surface area contributed by atoms with Crippen molar-refractivity contribution in [1.29, 1.82) is 0 Å². The summed E-state index contributed by atoms with van der Waals surface area (Å²) in [5.41, 5.74) is 0. The van der Waals surface area contributed by atoms with Crippen molar-refractivity contribution in [2.75, 3.05) is 0 Å². The van der Waals surface area contributed by atoms with Crippen LogP contribution < -0.4 is 0 Å². The van der Waals surface area contributed by atoms with Gasteiger partial charge in [0.2, 0.25) is 0 Å². The highest BCUT2D eigenvalue weighted by Crippen LogP contribution is 2.41. The molecule has 0 aromatic carbocycles. The lowest BCUT2D eigenvalue weighted by Gasteiger charge is -2.30. The molecule has 21 heavy (non-hydrogen) atoms. The van der Waals surface area contributed by atoms with Crippen LogP contribution in [-0.4, -0.2) is 4.75 Å². The summed E-state index contributed by atoms with van der Waals surface area (Å²) < 4.78 is 13.5. The third-order valence-electron chi connectivity index (χ3n) is 3.97. The molecule has 0 aromatic heterocycles. The van der Waals surface area contributed by atoms with Crippen LogP contribution >= 0.6 is 11.8 Å². The summed E-state index contributed by atoms with van der Waals surface area (Å²) in [7, 11) is 0. The van der Waals surface area contributed by atoms with Crippen molar-refractivity contribution in [2.24, 2.45) is 5.92 Å². The van der Waals surface area contributed by atoms with Crippen LogP contribution in [0.15, 0.2) is 35.0 Å². The van der Waals surface area contributed by atoms with E-state index in [-0.39, 0.29) is 10.6 Å². The van der Waals surface area contributed by atoms with Crippen LogP contribution in [-0.2, 0) is 0 Å². The van der Waals surface area contributed by atoms with E-state index >= 15 is 0 Å². The molecule has 0 bridgehead atoms. The van der Waals surface area contributed by atoms with Gasteiger partial charge in [0.25, 0.3) is 0 Å². The molecule has 0 aliphatic rings. The van der Waals surface area contributed by atoms with Crippen molar-refractivity contribution in [3.63, 3.8) is 0 Å². The van der Waals surface area contributed by atoms with Crippen molar-refractivity contribution in [3.05, 3.63) is 35.0 Å². The van der Waals surface area contributed by atoms with E-state index in [4.69, 9.17) is 0 Å². The highest BCUT2D eigenvalue weighted by molar-refractivity contribution is 8.04. The average Bonchev–Trinajstić information content (AvgIpc) is 2.48. The van der Waals surface area contributed by atoms with E-state index in [0.29, 0.717) is 0 Å². The van der Waals surface area contributed by atoms with Gasteiger partial charge < -0.3 is 0 Å². The van der Waals surface area contributed by atoms with Crippen LogP contribution in [0.2, 0.25) is 0 Å². The first kappa shape index (κ1) is 20.5. The standard InChI is InChI=1S/C19H33FS/c1-7-14-19(6,15-13-16(5)8-2)21-18(10-4)12-11-17(20)9-3/h9-12,16H,7-8,13-15H2,1-6H3/b12-11-,17-9+,18-10-/t16-,19?/m1/s1. The Hall–Kier alpha value is -0.500. The molecule has 0 aliphatic carbocycles. The molecule has 0 rings (SSSR count). The lowest BCUT2D eigenvalue weighted by Crippen LogP contribution is -2.21. The molecule has 0 N–H and O–H groups in total. The molecule has 2 atom stereocenters. The van der Waals surface area contributed by atoms with Gasteiger partial charge in [-0.1, -0.05) is 52.7 Å². The summed E-state index contributed by atoms with van der Waals surface area (Å²) in [6, 6.07) is 0. The van der Waals surface area contributed by atoms with E-state index in [9.17, 15) is 4.39 Å². The maximum atomic E-state index is 13.2. The van der Waals surface area contributed by atoms with Gasteiger partial charge >= 0.3 is 0 Å². The Balaban J connectivity index is 4.82. The Kier molecular flexibility index (Phi) is 10.9. The zero-order valence-electron chi connectivity index (χ0n) is 14.7. The van der Waals surface area contributed by atoms with Gasteiger partial charge in [-0.3, -0.25) is 0 Å². The fraction of sp³-hybridized carbons (Fsp3) is 0.684. The number of hydrogen-bond acceptors (Lipinski definition) is 1. The van der Waals surface area contributed by atoms with E-state index in [1.807, 2.05) is 24.8 Å². The van der Waals surface area contributed by atoms with Crippen LogP contribution in [0.25, 0.3) is 0 Å². The zero-order valence-corrected chi connectivity index (χ0v) is 15.5. The fourth-order valence-corrected chi connectivity index (χ4v) is 3.59. The summed E-state index contributed by atoms with van der Waals surface area (Å²) in [6.45, 7) is 12.9. The molecule has 0 nitrogen and oxygen atoms in total. The molecule has 0 aliphatic heterocycles. The monoisotopic (exact) mass is 312 g/mol. The van der Waals surface area contributed by atoms with Crippen LogP contribution in [0.4, 0.5) is 4.39 Å². The van der Waals surface area contributed by atoms with Crippen molar-refractivity contribution < 1.29 is 4.39 Å². The quantitative estimate of drug-likeness (QED) is 0.378. The number of halogens is 1. The third kappa shape index (κ3) is 9.18. The van der Waals surface area contributed by atoms with Gasteiger partial charge in [-0.15, -0.1) is 11.8 Å². The smallest absolute Gasteiger partial charge is 0.118 e. The third-order valence-corrected chi connectivity index (χ3v) is 5.48. The van der Waals surface area contributed by atoms with Gasteiger partial charge in [0.1, 0.15) is 5.83 Å². The van der Waals surface area contributed by atoms with Gasteiger partial charge in [0, 0.05) is 9.65 Å².